The van der Waals surface area contributed by atoms with Crippen LogP contribution >= 0.6 is 0 Å². The molecule has 306 valence electrons. The van der Waals surface area contributed by atoms with Gasteiger partial charge >= 0.3 is 5.97 Å². The van der Waals surface area contributed by atoms with Gasteiger partial charge in [-0.1, -0.05) is 25.7 Å². The molecule has 1 fully saturated rings. The fraction of sp³-hybridized carbons (Fsp3) is 0.262. The highest BCUT2D eigenvalue weighted by molar-refractivity contribution is 6.10. The summed E-state index contributed by atoms with van der Waals surface area (Å²) >= 11 is 0. The summed E-state index contributed by atoms with van der Waals surface area (Å²) in [4.78, 5) is 76.5. The standard InChI is InChI=1S/C42H42N6O11/c1-58-35-30(19-17-28(33(35)49)40(54)47-31-20-18-29(42(56)57)34(50)36(31)59-2)46-38(52)24-11-15-27(16-12-24)45-41(55)32(21-22-43)48-39(53)25-9-13-26(14-10-25)44-37(51)23-7-5-3-4-6-8-23/h9-20,23,32,49-50H,3-8,21H2,1-2H3,(H,44,51)(H,45,55)(H,46,52)(H,47,54)(H,48,53)(H,56,57). The zero-order chi connectivity index (χ0) is 42.6. The van der Waals surface area contributed by atoms with E-state index in [4.69, 9.17) is 9.47 Å². The summed E-state index contributed by atoms with van der Waals surface area (Å²) in [6.07, 6.45) is 5.66. The minimum atomic E-state index is -1.42. The van der Waals surface area contributed by atoms with E-state index in [0.717, 1.165) is 51.7 Å². The number of nitrogens with zero attached hydrogens (tertiary/aromatic N) is 1. The Morgan fingerprint density at radius 1 is 0.661 bits per heavy atom. The first-order valence-electron chi connectivity index (χ1n) is 18.5. The molecule has 0 saturated heterocycles. The topological polar surface area (TPSA) is 266 Å². The van der Waals surface area contributed by atoms with Crippen molar-refractivity contribution in [3.63, 3.8) is 0 Å². The Morgan fingerprint density at radius 2 is 1.15 bits per heavy atom. The van der Waals surface area contributed by atoms with Crippen LogP contribution in [0.15, 0.2) is 72.8 Å². The van der Waals surface area contributed by atoms with Crippen molar-refractivity contribution in [2.45, 2.75) is 51.0 Å². The number of amides is 5. The van der Waals surface area contributed by atoms with Crippen molar-refractivity contribution < 1.29 is 53.6 Å². The van der Waals surface area contributed by atoms with Crippen molar-refractivity contribution in [3.05, 3.63) is 95.1 Å². The minimum Gasteiger partial charge on any atom is -0.504 e. The zero-order valence-electron chi connectivity index (χ0n) is 32.1. The predicted octanol–water partition coefficient (Wildman–Crippen LogP) is 5.88. The first kappa shape index (κ1) is 42.5. The maximum Gasteiger partial charge on any atom is 0.339 e. The molecular formula is C42H42N6O11. The van der Waals surface area contributed by atoms with Crippen LogP contribution < -0.4 is 36.1 Å². The van der Waals surface area contributed by atoms with Crippen LogP contribution in [0.1, 0.15) is 86.4 Å². The molecule has 1 aliphatic carbocycles. The highest BCUT2D eigenvalue weighted by atomic mass is 16.5. The molecule has 0 radical (unpaired) electrons. The summed E-state index contributed by atoms with van der Waals surface area (Å²) in [5.74, 6) is -6.26. The lowest BCUT2D eigenvalue weighted by atomic mass is 9.99. The monoisotopic (exact) mass is 806 g/mol. The molecular weight excluding hydrogens is 764 g/mol. The molecule has 0 bridgehead atoms. The minimum absolute atomic E-state index is 0.00531. The van der Waals surface area contributed by atoms with E-state index in [-0.39, 0.29) is 63.5 Å². The number of carboxylic acid groups (broad SMARTS) is 1. The number of rotatable bonds is 14. The van der Waals surface area contributed by atoms with Crippen molar-refractivity contribution in [3.8, 4) is 29.1 Å². The van der Waals surface area contributed by atoms with E-state index in [9.17, 15) is 49.3 Å². The maximum atomic E-state index is 13.2. The van der Waals surface area contributed by atoms with E-state index in [2.05, 4.69) is 26.6 Å². The van der Waals surface area contributed by atoms with E-state index in [1.165, 1.54) is 61.7 Å². The highest BCUT2D eigenvalue weighted by Gasteiger charge is 2.25. The molecule has 5 rings (SSSR count). The molecule has 1 aliphatic rings. The summed E-state index contributed by atoms with van der Waals surface area (Å²) in [5.41, 5.74) is 0.301. The molecule has 1 unspecified atom stereocenters. The quantitative estimate of drug-likeness (QED) is 0.0695. The average Bonchev–Trinajstić information content (AvgIpc) is 3.51. The predicted molar refractivity (Wildman–Crippen MR) is 215 cm³/mol. The van der Waals surface area contributed by atoms with Crippen LogP contribution in [0.2, 0.25) is 0 Å². The third kappa shape index (κ3) is 10.4. The van der Waals surface area contributed by atoms with Gasteiger partial charge in [-0.15, -0.1) is 0 Å². The number of anilines is 4. The summed E-state index contributed by atoms with van der Waals surface area (Å²) in [6.45, 7) is 0. The largest absolute Gasteiger partial charge is 0.504 e. The lowest BCUT2D eigenvalue weighted by molar-refractivity contribution is -0.120. The second-order valence-electron chi connectivity index (χ2n) is 13.5. The van der Waals surface area contributed by atoms with Gasteiger partial charge in [-0.2, -0.15) is 5.26 Å². The Labute approximate surface area is 338 Å². The summed E-state index contributed by atoms with van der Waals surface area (Å²) < 4.78 is 10.3. The lowest BCUT2D eigenvalue weighted by Gasteiger charge is -2.17. The van der Waals surface area contributed by atoms with E-state index in [1.54, 1.807) is 12.1 Å². The van der Waals surface area contributed by atoms with Crippen LogP contribution in [0.25, 0.3) is 0 Å². The van der Waals surface area contributed by atoms with Gasteiger partial charge in [0.05, 0.1) is 43.6 Å². The van der Waals surface area contributed by atoms with E-state index in [1.807, 2.05) is 6.07 Å². The number of ether oxygens (including phenoxy) is 2. The lowest BCUT2D eigenvalue weighted by Crippen LogP contribution is -2.43. The number of carbonyl (C=O) groups is 6. The number of carboxylic acids is 1. The molecule has 0 heterocycles. The fourth-order valence-corrected chi connectivity index (χ4v) is 6.46. The Morgan fingerprint density at radius 3 is 1.68 bits per heavy atom. The number of methoxy groups -OCH3 is 2. The van der Waals surface area contributed by atoms with Gasteiger partial charge in [-0.05, 0) is 85.6 Å². The molecule has 59 heavy (non-hydrogen) atoms. The molecule has 1 saturated carbocycles. The van der Waals surface area contributed by atoms with Gasteiger partial charge in [-0.25, -0.2) is 4.79 Å². The molecule has 0 spiro atoms. The van der Waals surface area contributed by atoms with Gasteiger partial charge in [0.25, 0.3) is 17.7 Å². The number of hydrogen-bond donors (Lipinski definition) is 8. The SMILES string of the molecule is COc1c(NC(=O)c2ccc(NC(=O)c3ccc(NC(=O)C(CC#N)NC(=O)c4ccc(NC(=O)C5CCCCCC5)cc4)cc3)c(OC)c2O)ccc(C(=O)O)c1O. The van der Waals surface area contributed by atoms with Gasteiger partial charge in [0, 0.05) is 28.4 Å². The number of aromatic carboxylic acids is 1. The number of benzene rings is 4. The maximum absolute atomic E-state index is 13.2. The Kier molecular flexibility index (Phi) is 14.1. The van der Waals surface area contributed by atoms with E-state index in [0.29, 0.717) is 5.69 Å². The van der Waals surface area contributed by atoms with E-state index >= 15 is 0 Å². The van der Waals surface area contributed by atoms with Crippen LogP contribution in [0.3, 0.4) is 0 Å². The number of carbonyl (C=O) groups excluding carboxylic acids is 5. The summed E-state index contributed by atoms with van der Waals surface area (Å²) in [7, 11) is 2.37. The van der Waals surface area contributed by atoms with Crippen LogP contribution in [-0.2, 0) is 9.59 Å². The van der Waals surface area contributed by atoms with Crippen LogP contribution in [0, 0.1) is 17.2 Å². The van der Waals surface area contributed by atoms with Crippen LogP contribution in [-0.4, -0.2) is 71.1 Å². The first-order valence-corrected chi connectivity index (χ1v) is 18.5. The number of nitrogens with one attached hydrogen (secondary N) is 5. The normalized spacial score (nSPS) is 13.0. The van der Waals surface area contributed by atoms with Gasteiger partial charge in [-0.3, -0.25) is 24.0 Å². The van der Waals surface area contributed by atoms with Gasteiger partial charge in [0.1, 0.15) is 11.6 Å². The van der Waals surface area contributed by atoms with Crippen molar-refractivity contribution in [1.82, 2.24) is 5.32 Å². The summed E-state index contributed by atoms with van der Waals surface area (Å²) in [5, 5.41) is 52.9. The van der Waals surface area contributed by atoms with Crippen molar-refractivity contribution >= 4 is 58.3 Å². The number of hydrogen-bond acceptors (Lipinski definition) is 11. The molecule has 8 N–H and O–H groups in total. The molecule has 5 amide bonds. The Hall–Kier alpha value is -7.61. The van der Waals surface area contributed by atoms with Crippen LogP contribution in [0.5, 0.6) is 23.0 Å². The third-order valence-electron chi connectivity index (χ3n) is 9.62. The molecule has 1 atom stereocenters. The molecule has 17 nitrogen and oxygen atoms in total. The Balaban J connectivity index is 1.18. The average molecular weight is 807 g/mol. The smallest absolute Gasteiger partial charge is 0.339 e. The van der Waals surface area contributed by atoms with Crippen molar-refractivity contribution in [2.24, 2.45) is 5.92 Å². The van der Waals surface area contributed by atoms with Gasteiger partial charge in [0.15, 0.2) is 23.0 Å². The fourth-order valence-electron chi connectivity index (χ4n) is 6.46. The molecule has 17 heteroatoms. The zero-order valence-corrected chi connectivity index (χ0v) is 32.1. The molecule has 4 aromatic rings. The Bertz CT molecular complexity index is 2280. The van der Waals surface area contributed by atoms with Crippen LogP contribution in [0.4, 0.5) is 22.7 Å². The number of aromatic hydroxyl groups is 2. The number of nitriles is 1. The second kappa shape index (κ2) is 19.5. The second-order valence-corrected chi connectivity index (χ2v) is 13.5. The van der Waals surface area contributed by atoms with Gasteiger partial charge in [0.2, 0.25) is 11.8 Å². The first-order chi connectivity index (χ1) is 28.3. The van der Waals surface area contributed by atoms with Crippen molar-refractivity contribution in [1.29, 1.82) is 5.26 Å². The summed E-state index contributed by atoms with van der Waals surface area (Å²) in [6, 6.07) is 17.3. The third-order valence-corrected chi connectivity index (χ3v) is 9.62. The highest BCUT2D eigenvalue weighted by Crippen LogP contribution is 2.40. The molecule has 0 aromatic heterocycles. The van der Waals surface area contributed by atoms with Gasteiger partial charge < -0.3 is 51.4 Å². The van der Waals surface area contributed by atoms with Crippen molar-refractivity contribution in [2.75, 3.05) is 35.5 Å². The molecule has 0 aliphatic heterocycles. The van der Waals surface area contributed by atoms with E-state index < -0.39 is 52.7 Å². The molecule has 4 aromatic carbocycles. The number of phenols is 2. The number of phenolic OH excluding ortho intramolecular Hbond substituents is 1.